The minimum absolute atomic E-state index is 0.0151. The molecule has 0 saturated carbocycles. The van der Waals surface area contributed by atoms with E-state index in [4.69, 9.17) is 14.6 Å². The minimum Gasteiger partial charge on any atom is -0.477 e. The molecule has 0 aliphatic rings. The molecule has 120 valence electrons. The van der Waals surface area contributed by atoms with Crippen LogP contribution in [0.25, 0.3) is 11.0 Å². The van der Waals surface area contributed by atoms with Gasteiger partial charge in [0.1, 0.15) is 0 Å². The van der Waals surface area contributed by atoms with Gasteiger partial charge >= 0.3 is 5.97 Å². The Morgan fingerprint density at radius 2 is 2.18 bits per heavy atom. The van der Waals surface area contributed by atoms with Crippen molar-refractivity contribution in [2.75, 3.05) is 13.7 Å². The van der Waals surface area contributed by atoms with E-state index in [-0.39, 0.29) is 5.69 Å². The highest BCUT2D eigenvalue weighted by atomic mass is 28.3. The van der Waals surface area contributed by atoms with Crippen LogP contribution >= 0.6 is 0 Å². The van der Waals surface area contributed by atoms with Crippen LogP contribution in [0.3, 0.4) is 0 Å². The van der Waals surface area contributed by atoms with Gasteiger partial charge in [0.05, 0.1) is 5.39 Å². The molecule has 2 rings (SSSR count). The molecule has 0 fully saturated rings. The topological polar surface area (TPSA) is 97.3 Å². The molecule has 1 atom stereocenters. The number of rotatable bonds is 7. The molecule has 0 saturated heterocycles. The molecule has 0 spiro atoms. The van der Waals surface area contributed by atoms with Crippen LogP contribution in [-0.4, -0.2) is 48.0 Å². The summed E-state index contributed by atoms with van der Waals surface area (Å²) in [6, 6.07) is 2.71. The Morgan fingerprint density at radius 3 is 2.77 bits per heavy atom. The Kier molecular flexibility index (Phi) is 4.94. The number of pyridine rings is 1. The summed E-state index contributed by atoms with van der Waals surface area (Å²) >= 11 is 0. The first kappa shape index (κ1) is 16.6. The number of carboxylic acid groups (broad SMARTS) is 1. The summed E-state index contributed by atoms with van der Waals surface area (Å²) in [5, 5.41) is 15.9. The van der Waals surface area contributed by atoms with Crippen LogP contribution in [0.1, 0.15) is 22.3 Å². The largest absolute Gasteiger partial charge is 0.477 e. The fraction of sp³-hybridized carbons (Fsp3) is 0.500. The number of ether oxygens (including phenoxy) is 2. The molecule has 2 heterocycles. The maximum atomic E-state index is 11.2. The summed E-state index contributed by atoms with van der Waals surface area (Å²) in [5.74, 6) is -1.07. The summed E-state index contributed by atoms with van der Waals surface area (Å²) in [5.41, 5.74) is 1.05. The average Bonchev–Trinajstić information content (AvgIpc) is 2.85. The van der Waals surface area contributed by atoms with E-state index in [1.54, 1.807) is 19.4 Å². The Bertz CT molecular complexity index is 666. The predicted octanol–water partition coefficient (Wildman–Crippen LogP) is 2.66. The van der Waals surface area contributed by atoms with Gasteiger partial charge < -0.3 is 14.6 Å². The third-order valence-corrected chi connectivity index (χ3v) is 4.96. The maximum Gasteiger partial charge on any atom is 0.354 e. The maximum absolute atomic E-state index is 11.2. The molecule has 8 heteroatoms. The van der Waals surface area contributed by atoms with E-state index in [9.17, 15) is 4.79 Å². The van der Waals surface area contributed by atoms with E-state index in [0.717, 1.165) is 6.04 Å². The van der Waals surface area contributed by atoms with E-state index in [2.05, 4.69) is 34.8 Å². The smallest absolute Gasteiger partial charge is 0.354 e. The number of nitrogens with one attached hydrogen (secondary N) is 1. The van der Waals surface area contributed by atoms with Gasteiger partial charge in [-0.05, 0) is 12.1 Å². The highest BCUT2D eigenvalue weighted by Gasteiger charge is 2.19. The van der Waals surface area contributed by atoms with E-state index in [0.29, 0.717) is 23.2 Å². The van der Waals surface area contributed by atoms with Crippen LogP contribution in [0.15, 0.2) is 12.3 Å². The molecule has 7 nitrogen and oxygen atoms in total. The zero-order chi connectivity index (χ0) is 16.3. The molecule has 1 unspecified atom stereocenters. The second-order valence-corrected chi connectivity index (χ2v) is 11.9. The van der Waals surface area contributed by atoms with Crippen LogP contribution in [-0.2, 0) is 9.47 Å². The van der Waals surface area contributed by atoms with Crippen molar-refractivity contribution in [1.82, 2.24) is 15.2 Å². The monoisotopic (exact) mass is 323 g/mol. The molecule has 0 bridgehead atoms. The fourth-order valence-electron chi connectivity index (χ4n) is 1.98. The molecular weight excluding hydrogens is 302 g/mol. The van der Waals surface area contributed by atoms with Crippen LogP contribution in [0, 0.1) is 0 Å². The second kappa shape index (κ2) is 6.55. The number of aromatic carboxylic acids is 1. The summed E-state index contributed by atoms with van der Waals surface area (Å²) < 4.78 is 11.1. The van der Waals surface area contributed by atoms with Gasteiger partial charge in [-0.2, -0.15) is 5.10 Å². The molecule has 0 amide bonds. The fourth-order valence-corrected chi connectivity index (χ4v) is 2.71. The molecular formula is C14H21N3O4Si. The third kappa shape index (κ3) is 3.90. The van der Waals surface area contributed by atoms with Gasteiger partial charge in [-0.25, -0.2) is 9.78 Å². The van der Waals surface area contributed by atoms with Crippen molar-refractivity contribution in [1.29, 1.82) is 0 Å². The first-order valence-corrected chi connectivity index (χ1v) is 10.7. The number of methoxy groups -OCH3 is 1. The molecule has 0 aliphatic heterocycles. The number of carboxylic acids is 1. The lowest BCUT2D eigenvalue weighted by Gasteiger charge is -2.20. The van der Waals surface area contributed by atoms with Crippen molar-refractivity contribution in [3.63, 3.8) is 0 Å². The standard InChI is InChI=1S/C14H21N3O4Si/c1-20-14(21-5-6-22(2,3)4)9-7-10-11(13(18)19)16-17-12(10)15-8-9/h7-8,14H,5-6H2,1-4H3,(H,18,19)(H,15,16,17). The molecule has 2 aromatic rings. The van der Waals surface area contributed by atoms with E-state index >= 15 is 0 Å². The third-order valence-electron chi connectivity index (χ3n) is 3.25. The van der Waals surface area contributed by atoms with Crippen LogP contribution < -0.4 is 0 Å². The highest BCUT2D eigenvalue weighted by Crippen LogP contribution is 2.23. The van der Waals surface area contributed by atoms with Crippen molar-refractivity contribution in [2.24, 2.45) is 0 Å². The normalized spacial score (nSPS) is 13.5. The van der Waals surface area contributed by atoms with Crippen molar-refractivity contribution in [3.05, 3.63) is 23.5 Å². The average molecular weight is 323 g/mol. The minimum atomic E-state index is -1.18. The second-order valence-electron chi connectivity index (χ2n) is 6.29. The summed E-state index contributed by atoms with van der Waals surface area (Å²) in [4.78, 5) is 15.3. The molecule has 22 heavy (non-hydrogen) atoms. The zero-order valence-electron chi connectivity index (χ0n) is 13.2. The molecule has 0 radical (unpaired) electrons. The highest BCUT2D eigenvalue weighted by molar-refractivity contribution is 6.76. The van der Waals surface area contributed by atoms with Crippen molar-refractivity contribution >= 4 is 25.1 Å². The lowest BCUT2D eigenvalue weighted by Crippen LogP contribution is -2.22. The Morgan fingerprint density at radius 1 is 1.45 bits per heavy atom. The van der Waals surface area contributed by atoms with Crippen LogP contribution in [0.4, 0.5) is 0 Å². The molecule has 0 aliphatic carbocycles. The SMILES string of the molecule is COC(OCC[Si](C)(C)C)c1cnc2n[nH]c(C(=O)O)c2c1. The van der Waals surface area contributed by atoms with Crippen molar-refractivity contribution in [2.45, 2.75) is 32.0 Å². The summed E-state index contributed by atoms with van der Waals surface area (Å²) in [6.07, 6.45) is 1.03. The number of fused-ring (bicyclic) bond motifs is 1. The number of hydrogen-bond donors (Lipinski definition) is 2. The van der Waals surface area contributed by atoms with E-state index in [1.807, 2.05) is 0 Å². The van der Waals surface area contributed by atoms with Gasteiger partial charge in [0, 0.05) is 33.6 Å². The van der Waals surface area contributed by atoms with Gasteiger partial charge in [-0.3, -0.25) is 5.10 Å². The van der Waals surface area contributed by atoms with Gasteiger partial charge in [0.2, 0.25) is 0 Å². The Hall–Kier alpha value is -1.77. The quantitative estimate of drug-likeness (QED) is 0.600. The summed E-state index contributed by atoms with van der Waals surface area (Å²) in [6.45, 7) is 7.42. The number of aromatic amines is 1. The van der Waals surface area contributed by atoms with Crippen LogP contribution in [0.5, 0.6) is 0 Å². The van der Waals surface area contributed by atoms with Gasteiger partial charge in [-0.15, -0.1) is 0 Å². The first-order chi connectivity index (χ1) is 10.3. The number of nitrogens with zero attached hydrogens (tertiary/aromatic N) is 2. The van der Waals surface area contributed by atoms with Crippen molar-refractivity contribution < 1.29 is 19.4 Å². The Labute approximate surface area is 129 Å². The molecule has 2 aromatic heterocycles. The van der Waals surface area contributed by atoms with E-state index < -0.39 is 20.3 Å². The van der Waals surface area contributed by atoms with Crippen LogP contribution in [0.2, 0.25) is 25.7 Å². The van der Waals surface area contributed by atoms with Gasteiger partial charge in [0.25, 0.3) is 0 Å². The van der Waals surface area contributed by atoms with Crippen molar-refractivity contribution in [3.8, 4) is 0 Å². The number of carbonyl (C=O) groups is 1. The summed E-state index contributed by atoms with van der Waals surface area (Å²) in [7, 11) is 0.369. The van der Waals surface area contributed by atoms with Gasteiger partial charge in [-0.1, -0.05) is 19.6 Å². The molecule has 2 N–H and O–H groups in total. The number of aromatic nitrogens is 3. The Balaban J connectivity index is 2.20. The zero-order valence-corrected chi connectivity index (χ0v) is 14.2. The predicted molar refractivity (Wildman–Crippen MR) is 84.7 cm³/mol. The van der Waals surface area contributed by atoms with Gasteiger partial charge in [0.15, 0.2) is 17.6 Å². The number of H-pyrrole nitrogens is 1. The molecule has 0 aromatic carbocycles. The number of hydrogen-bond acceptors (Lipinski definition) is 5. The lowest BCUT2D eigenvalue weighted by atomic mass is 10.2. The van der Waals surface area contributed by atoms with E-state index in [1.165, 1.54) is 0 Å². The first-order valence-electron chi connectivity index (χ1n) is 7.03. The lowest BCUT2D eigenvalue weighted by molar-refractivity contribution is -0.124.